The standard InChI is InChI=1S/C15H21NO2S/c1-4-5-12-7-15(18)16(8-12)9-14(17)13-6-10(2)19-11(13)3/h6,12H,4-5,7-9H2,1-3H3. The zero-order chi connectivity index (χ0) is 14.0. The number of carbonyl (C=O) groups is 2. The molecule has 0 bridgehead atoms. The van der Waals surface area contributed by atoms with Crippen molar-refractivity contribution >= 4 is 23.0 Å². The molecule has 2 heterocycles. The Bertz CT molecular complexity index is 492. The van der Waals surface area contributed by atoms with Crippen molar-refractivity contribution < 1.29 is 9.59 Å². The Morgan fingerprint density at radius 1 is 1.47 bits per heavy atom. The first-order valence-corrected chi connectivity index (χ1v) is 7.71. The second-order valence-corrected chi connectivity index (χ2v) is 6.84. The Hall–Kier alpha value is -1.16. The molecule has 0 radical (unpaired) electrons. The SMILES string of the molecule is CCCC1CC(=O)N(CC(=O)c2cc(C)sc2C)C1. The van der Waals surface area contributed by atoms with Crippen LogP contribution in [0.1, 0.15) is 46.3 Å². The minimum atomic E-state index is 0.0762. The molecule has 1 amide bonds. The summed E-state index contributed by atoms with van der Waals surface area (Å²) in [7, 11) is 0. The highest BCUT2D eigenvalue weighted by Gasteiger charge is 2.30. The summed E-state index contributed by atoms with van der Waals surface area (Å²) in [5.74, 6) is 0.652. The number of carbonyl (C=O) groups excluding carboxylic acids is 2. The third-order valence-electron chi connectivity index (χ3n) is 3.67. The number of hydrogen-bond donors (Lipinski definition) is 0. The predicted octanol–water partition coefficient (Wildman–Crippen LogP) is 3.20. The quantitative estimate of drug-likeness (QED) is 0.776. The van der Waals surface area contributed by atoms with Gasteiger partial charge in [0, 0.05) is 28.3 Å². The maximum atomic E-state index is 12.3. The smallest absolute Gasteiger partial charge is 0.223 e. The van der Waals surface area contributed by atoms with E-state index in [-0.39, 0.29) is 18.2 Å². The van der Waals surface area contributed by atoms with E-state index in [1.54, 1.807) is 16.2 Å². The summed E-state index contributed by atoms with van der Waals surface area (Å²) in [6, 6.07) is 1.94. The highest BCUT2D eigenvalue weighted by molar-refractivity contribution is 7.12. The topological polar surface area (TPSA) is 37.4 Å². The van der Waals surface area contributed by atoms with Gasteiger partial charge in [-0.1, -0.05) is 13.3 Å². The molecule has 0 saturated carbocycles. The summed E-state index contributed by atoms with van der Waals surface area (Å²) in [6.07, 6.45) is 2.79. The van der Waals surface area contributed by atoms with Gasteiger partial charge >= 0.3 is 0 Å². The number of Topliss-reactive ketones (excluding diaryl/α,β-unsaturated/α-hetero) is 1. The van der Waals surface area contributed by atoms with Crippen molar-refractivity contribution in [3.8, 4) is 0 Å². The highest BCUT2D eigenvalue weighted by atomic mass is 32.1. The Morgan fingerprint density at radius 3 is 2.79 bits per heavy atom. The summed E-state index contributed by atoms with van der Waals surface area (Å²) in [5, 5.41) is 0. The molecular weight excluding hydrogens is 258 g/mol. The molecule has 0 aromatic carbocycles. The minimum absolute atomic E-state index is 0.0762. The summed E-state index contributed by atoms with van der Waals surface area (Å²) in [5.41, 5.74) is 0.786. The Labute approximate surface area is 118 Å². The Balaban J connectivity index is 2.00. The predicted molar refractivity (Wildman–Crippen MR) is 77.7 cm³/mol. The third kappa shape index (κ3) is 3.24. The van der Waals surface area contributed by atoms with Gasteiger partial charge in [-0.15, -0.1) is 11.3 Å². The lowest BCUT2D eigenvalue weighted by atomic mass is 10.0. The fourth-order valence-corrected chi connectivity index (χ4v) is 3.72. The molecule has 3 nitrogen and oxygen atoms in total. The van der Waals surface area contributed by atoms with Crippen molar-refractivity contribution in [2.75, 3.05) is 13.1 Å². The van der Waals surface area contributed by atoms with Gasteiger partial charge in [0.1, 0.15) is 0 Å². The van der Waals surface area contributed by atoms with E-state index >= 15 is 0 Å². The van der Waals surface area contributed by atoms with Crippen LogP contribution < -0.4 is 0 Å². The van der Waals surface area contributed by atoms with Gasteiger partial charge in [0.15, 0.2) is 5.78 Å². The van der Waals surface area contributed by atoms with Gasteiger partial charge in [0.05, 0.1) is 6.54 Å². The third-order valence-corrected chi connectivity index (χ3v) is 4.63. The largest absolute Gasteiger partial charge is 0.335 e. The van der Waals surface area contributed by atoms with E-state index in [2.05, 4.69) is 6.92 Å². The van der Waals surface area contributed by atoms with Gasteiger partial charge < -0.3 is 4.90 Å². The van der Waals surface area contributed by atoms with Crippen LogP contribution in [0, 0.1) is 19.8 Å². The van der Waals surface area contributed by atoms with Crippen LogP contribution in [0.5, 0.6) is 0 Å². The van der Waals surface area contributed by atoms with Crippen molar-refractivity contribution in [1.82, 2.24) is 4.90 Å². The van der Waals surface area contributed by atoms with E-state index < -0.39 is 0 Å². The Morgan fingerprint density at radius 2 is 2.21 bits per heavy atom. The zero-order valence-electron chi connectivity index (χ0n) is 11.9. The summed E-state index contributed by atoms with van der Waals surface area (Å²) in [6.45, 7) is 7.11. The fraction of sp³-hybridized carbons (Fsp3) is 0.600. The van der Waals surface area contributed by atoms with E-state index in [9.17, 15) is 9.59 Å². The number of ketones is 1. The van der Waals surface area contributed by atoms with E-state index in [1.165, 1.54) is 0 Å². The van der Waals surface area contributed by atoms with Crippen LogP contribution >= 0.6 is 11.3 Å². The molecule has 1 atom stereocenters. The van der Waals surface area contributed by atoms with Gasteiger partial charge in [-0.3, -0.25) is 9.59 Å². The number of hydrogen-bond acceptors (Lipinski definition) is 3. The van der Waals surface area contributed by atoms with Crippen molar-refractivity contribution in [3.63, 3.8) is 0 Å². The van der Waals surface area contributed by atoms with Gasteiger partial charge in [0.25, 0.3) is 0 Å². The maximum Gasteiger partial charge on any atom is 0.223 e. The molecule has 0 spiro atoms. The van der Waals surface area contributed by atoms with Crippen molar-refractivity contribution in [2.45, 2.75) is 40.0 Å². The van der Waals surface area contributed by atoms with Crippen LogP contribution in [0.25, 0.3) is 0 Å². The molecule has 1 aromatic rings. The van der Waals surface area contributed by atoms with Gasteiger partial charge in [-0.25, -0.2) is 0 Å². The fourth-order valence-electron chi connectivity index (χ4n) is 2.77. The second kappa shape index (κ2) is 5.87. The first-order valence-electron chi connectivity index (χ1n) is 6.89. The minimum Gasteiger partial charge on any atom is -0.335 e. The van der Waals surface area contributed by atoms with E-state index in [0.29, 0.717) is 12.3 Å². The molecule has 1 fully saturated rings. The van der Waals surface area contributed by atoms with Crippen molar-refractivity contribution in [1.29, 1.82) is 0 Å². The highest BCUT2D eigenvalue weighted by Crippen LogP contribution is 2.24. The molecule has 2 rings (SSSR count). The summed E-state index contributed by atoms with van der Waals surface area (Å²) < 4.78 is 0. The van der Waals surface area contributed by atoms with Crippen molar-refractivity contribution in [3.05, 3.63) is 21.4 Å². The van der Waals surface area contributed by atoms with Crippen LogP contribution in [-0.2, 0) is 4.79 Å². The van der Waals surface area contributed by atoms with Crippen LogP contribution in [0.15, 0.2) is 6.07 Å². The molecule has 4 heteroatoms. The van der Waals surface area contributed by atoms with E-state index in [0.717, 1.165) is 34.7 Å². The van der Waals surface area contributed by atoms with Crippen LogP contribution in [0.3, 0.4) is 0 Å². The zero-order valence-corrected chi connectivity index (χ0v) is 12.7. The molecular formula is C15H21NO2S. The number of amides is 1. The molecule has 0 aliphatic carbocycles. The molecule has 1 aliphatic heterocycles. The van der Waals surface area contributed by atoms with Gasteiger partial charge in [-0.05, 0) is 32.3 Å². The Kier molecular flexibility index (Phi) is 4.40. The van der Waals surface area contributed by atoms with Gasteiger partial charge in [0.2, 0.25) is 5.91 Å². The van der Waals surface area contributed by atoms with E-state index in [4.69, 9.17) is 0 Å². The monoisotopic (exact) mass is 279 g/mol. The number of thiophene rings is 1. The molecule has 19 heavy (non-hydrogen) atoms. The number of rotatable bonds is 5. The summed E-state index contributed by atoms with van der Waals surface area (Å²) >= 11 is 1.64. The lowest BCUT2D eigenvalue weighted by Crippen LogP contribution is -2.31. The average molecular weight is 279 g/mol. The number of aryl methyl sites for hydroxylation is 2. The molecule has 1 aliphatic rings. The number of likely N-dealkylation sites (tertiary alicyclic amines) is 1. The first-order chi connectivity index (χ1) is 9.01. The lowest BCUT2D eigenvalue weighted by Gasteiger charge is -2.15. The first kappa shape index (κ1) is 14.3. The lowest BCUT2D eigenvalue weighted by molar-refractivity contribution is -0.127. The molecule has 1 aromatic heterocycles. The van der Waals surface area contributed by atoms with Crippen LogP contribution in [0.2, 0.25) is 0 Å². The summed E-state index contributed by atoms with van der Waals surface area (Å²) in [4.78, 5) is 28.1. The van der Waals surface area contributed by atoms with Gasteiger partial charge in [-0.2, -0.15) is 0 Å². The second-order valence-electron chi connectivity index (χ2n) is 5.38. The molecule has 1 saturated heterocycles. The average Bonchev–Trinajstić information content (AvgIpc) is 2.83. The molecule has 0 N–H and O–H groups in total. The van der Waals surface area contributed by atoms with Crippen LogP contribution in [-0.4, -0.2) is 29.7 Å². The molecule has 1 unspecified atom stereocenters. The van der Waals surface area contributed by atoms with Crippen molar-refractivity contribution in [2.24, 2.45) is 5.92 Å². The van der Waals surface area contributed by atoms with Crippen LogP contribution in [0.4, 0.5) is 0 Å². The maximum absolute atomic E-state index is 12.3. The normalized spacial score (nSPS) is 19.2. The molecule has 104 valence electrons. The number of nitrogens with zero attached hydrogens (tertiary/aromatic N) is 1. The van der Waals surface area contributed by atoms with E-state index in [1.807, 2.05) is 19.9 Å².